The lowest BCUT2D eigenvalue weighted by Gasteiger charge is -2.10. The van der Waals surface area contributed by atoms with Crippen molar-refractivity contribution < 1.29 is 9.53 Å². The first kappa shape index (κ1) is 7.27. The van der Waals surface area contributed by atoms with Crippen molar-refractivity contribution in [2.75, 3.05) is 14.2 Å². The van der Waals surface area contributed by atoms with Gasteiger partial charge in [-0.25, -0.2) is 4.79 Å². The van der Waals surface area contributed by atoms with Crippen molar-refractivity contribution >= 4 is 6.09 Å². The maximum Gasteiger partial charge on any atom is 0.409 e. The van der Waals surface area contributed by atoms with Crippen LogP contribution in [-0.2, 0) is 4.74 Å². The molecule has 0 saturated carbocycles. The van der Waals surface area contributed by atoms with Gasteiger partial charge in [0.1, 0.15) is 0 Å². The molecule has 0 aliphatic rings. The van der Waals surface area contributed by atoms with Crippen LogP contribution >= 0.6 is 0 Å². The highest BCUT2D eigenvalue weighted by Gasteiger charge is 2.02. The van der Waals surface area contributed by atoms with Crippen molar-refractivity contribution in [3.63, 3.8) is 0 Å². The van der Waals surface area contributed by atoms with E-state index in [-0.39, 0.29) is 6.09 Å². The van der Waals surface area contributed by atoms with Crippen LogP contribution in [0.2, 0.25) is 0 Å². The molecular formula is C5H10NO2. The molecule has 0 fully saturated rings. The molecule has 0 saturated heterocycles. The molecule has 0 aromatic carbocycles. The van der Waals surface area contributed by atoms with E-state index in [1.54, 1.807) is 20.5 Å². The summed E-state index contributed by atoms with van der Waals surface area (Å²) < 4.78 is 4.36. The van der Waals surface area contributed by atoms with E-state index >= 15 is 0 Å². The van der Waals surface area contributed by atoms with E-state index in [2.05, 4.69) is 4.74 Å². The maximum absolute atomic E-state index is 10.4. The summed E-state index contributed by atoms with van der Waals surface area (Å²) in [5.41, 5.74) is 0. The molecule has 0 spiro atoms. The zero-order valence-electron chi connectivity index (χ0n) is 5.34. The third-order valence-electron chi connectivity index (χ3n) is 0.850. The van der Waals surface area contributed by atoms with Crippen molar-refractivity contribution in [2.45, 2.75) is 6.92 Å². The molecule has 0 heterocycles. The molecule has 1 radical (unpaired) electrons. The van der Waals surface area contributed by atoms with Crippen molar-refractivity contribution in [3.8, 4) is 0 Å². The van der Waals surface area contributed by atoms with E-state index in [4.69, 9.17) is 0 Å². The summed E-state index contributed by atoms with van der Waals surface area (Å²) in [4.78, 5) is 11.8. The maximum atomic E-state index is 10.4. The van der Waals surface area contributed by atoms with Crippen LogP contribution in [0.15, 0.2) is 0 Å². The zero-order chi connectivity index (χ0) is 6.57. The van der Waals surface area contributed by atoms with Crippen molar-refractivity contribution in [1.29, 1.82) is 0 Å². The number of hydrogen-bond acceptors (Lipinski definition) is 2. The topological polar surface area (TPSA) is 29.5 Å². The Kier molecular flexibility index (Phi) is 2.99. The third-order valence-corrected chi connectivity index (χ3v) is 0.850. The van der Waals surface area contributed by atoms with Crippen molar-refractivity contribution in [2.24, 2.45) is 0 Å². The summed E-state index contributed by atoms with van der Waals surface area (Å²) in [5.74, 6) is 0. The number of ether oxygens (including phenoxy) is 1. The molecule has 3 nitrogen and oxygen atoms in total. The predicted octanol–water partition coefficient (Wildman–Crippen LogP) is 0.866. The number of carbonyl (C=O) groups is 1. The van der Waals surface area contributed by atoms with E-state index in [9.17, 15) is 4.79 Å². The standard InChI is InChI=1S/C5H10NO2/c1-4-6(2)5(7)8-3/h4H,1-3H3. The molecule has 0 aromatic rings. The number of rotatable bonds is 1. The monoisotopic (exact) mass is 116 g/mol. The first-order valence-electron chi connectivity index (χ1n) is 2.32. The molecule has 8 heavy (non-hydrogen) atoms. The Morgan fingerprint density at radius 3 is 2.38 bits per heavy atom. The van der Waals surface area contributed by atoms with Crippen LogP contribution in [-0.4, -0.2) is 25.2 Å². The van der Waals surface area contributed by atoms with Crippen LogP contribution in [0.1, 0.15) is 6.92 Å². The first-order chi connectivity index (χ1) is 3.72. The van der Waals surface area contributed by atoms with Gasteiger partial charge in [-0.1, -0.05) is 0 Å². The van der Waals surface area contributed by atoms with Gasteiger partial charge >= 0.3 is 6.09 Å². The van der Waals surface area contributed by atoms with Crippen molar-refractivity contribution in [1.82, 2.24) is 4.90 Å². The smallest absolute Gasteiger partial charge is 0.409 e. The quantitative estimate of drug-likeness (QED) is 0.508. The molecule has 0 rings (SSSR count). The molecule has 0 bridgehead atoms. The van der Waals surface area contributed by atoms with E-state index in [0.29, 0.717) is 0 Å². The van der Waals surface area contributed by atoms with E-state index in [0.717, 1.165) is 0 Å². The number of carbonyl (C=O) groups excluding carboxylic acids is 1. The Morgan fingerprint density at radius 2 is 2.25 bits per heavy atom. The summed E-state index contributed by atoms with van der Waals surface area (Å²) in [6, 6.07) is 0. The largest absolute Gasteiger partial charge is 0.453 e. The molecule has 0 atom stereocenters. The predicted molar refractivity (Wildman–Crippen MR) is 30.1 cm³/mol. The van der Waals surface area contributed by atoms with Crippen LogP contribution in [0, 0.1) is 6.54 Å². The van der Waals surface area contributed by atoms with E-state index in [1.165, 1.54) is 12.0 Å². The van der Waals surface area contributed by atoms with Crippen molar-refractivity contribution in [3.05, 3.63) is 6.54 Å². The fourth-order valence-electron chi connectivity index (χ4n) is 0.249. The lowest BCUT2D eigenvalue weighted by atomic mass is 10.7. The fourth-order valence-corrected chi connectivity index (χ4v) is 0.249. The first-order valence-corrected chi connectivity index (χ1v) is 2.32. The summed E-state index contributed by atoms with van der Waals surface area (Å²) in [6.07, 6.45) is -0.340. The Hall–Kier alpha value is -0.730. The highest BCUT2D eigenvalue weighted by molar-refractivity contribution is 5.67. The van der Waals surface area contributed by atoms with Gasteiger partial charge in [0.05, 0.1) is 13.7 Å². The lowest BCUT2D eigenvalue weighted by molar-refractivity contribution is 0.142. The second kappa shape index (κ2) is 3.29. The number of methoxy groups -OCH3 is 1. The normalized spacial score (nSPS) is 8.38. The molecule has 3 heteroatoms. The summed E-state index contributed by atoms with van der Waals surface area (Å²) in [5, 5.41) is 0. The van der Waals surface area contributed by atoms with Crippen LogP contribution in [0.4, 0.5) is 4.79 Å². The molecule has 1 amide bonds. The van der Waals surface area contributed by atoms with E-state index < -0.39 is 0 Å². The molecule has 0 aliphatic heterocycles. The Balaban J connectivity index is 3.46. The summed E-state index contributed by atoms with van der Waals surface area (Å²) in [7, 11) is 2.98. The molecule has 47 valence electrons. The average Bonchev–Trinajstić information content (AvgIpc) is 1.84. The number of nitrogens with zero attached hydrogens (tertiary/aromatic N) is 1. The lowest BCUT2D eigenvalue weighted by Crippen LogP contribution is -2.22. The van der Waals surface area contributed by atoms with Gasteiger partial charge in [0, 0.05) is 7.05 Å². The van der Waals surface area contributed by atoms with Crippen LogP contribution < -0.4 is 0 Å². The Labute approximate surface area is 49.2 Å². The molecule has 0 N–H and O–H groups in total. The molecular weight excluding hydrogens is 106 g/mol. The van der Waals surface area contributed by atoms with Gasteiger partial charge in [0.15, 0.2) is 0 Å². The van der Waals surface area contributed by atoms with Crippen LogP contribution in [0.25, 0.3) is 0 Å². The zero-order valence-corrected chi connectivity index (χ0v) is 5.34. The minimum absolute atomic E-state index is 0.340. The average molecular weight is 116 g/mol. The minimum atomic E-state index is -0.340. The fraction of sp³-hybridized carbons (Fsp3) is 0.600. The van der Waals surface area contributed by atoms with Gasteiger partial charge in [-0.3, -0.25) is 0 Å². The van der Waals surface area contributed by atoms with Gasteiger partial charge in [0.25, 0.3) is 0 Å². The highest BCUT2D eigenvalue weighted by Crippen LogP contribution is 1.88. The van der Waals surface area contributed by atoms with Gasteiger partial charge in [-0.05, 0) is 6.92 Å². The van der Waals surface area contributed by atoms with Gasteiger partial charge in [-0.15, -0.1) is 0 Å². The van der Waals surface area contributed by atoms with Gasteiger partial charge < -0.3 is 9.64 Å². The molecule has 0 unspecified atom stereocenters. The summed E-state index contributed by atoms with van der Waals surface area (Å²) in [6.45, 7) is 3.39. The second-order valence-electron chi connectivity index (χ2n) is 1.34. The second-order valence-corrected chi connectivity index (χ2v) is 1.34. The van der Waals surface area contributed by atoms with Gasteiger partial charge in [0.2, 0.25) is 0 Å². The Bertz CT molecular complexity index is 82.5. The Morgan fingerprint density at radius 1 is 1.75 bits per heavy atom. The third kappa shape index (κ3) is 1.82. The molecule has 0 aromatic heterocycles. The van der Waals surface area contributed by atoms with Crippen LogP contribution in [0.3, 0.4) is 0 Å². The van der Waals surface area contributed by atoms with Gasteiger partial charge in [-0.2, -0.15) is 0 Å². The number of hydrogen-bond donors (Lipinski definition) is 0. The summed E-state index contributed by atoms with van der Waals surface area (Å²) >= 11 is 0. The molecule has 0 aliphatic carbocycles. The minimum Gasteiger partial charge on any atom is -0.453 e. The number of amides is 1. The van der Waals surface area contributed by atoms with Crippen LogP contribution in [0.5, 0.6) is 0 Å². The SMILES string of the molecule is C[CH]N(C)C(=O)OC. The van der Waals surface area contributed by atoms with E-state index in [1.807, 2.05) is 0 Å². The highest BCUT2D eigenvalue weighted by atomic mass is 16.5.